The molecule has 1 amide bonds. The van der Waals surface area contributed by atoms with E-state index in [-0.39, 0.29) is 30.1 Å². The van der Waals surface area contributed by atoms with E-state index < -0.39 is 28.3 Å². The second-order valence-corrected chi connectivity index (χ2v) is 14.9. The highest BCUT2D eigenvalue weighted by Crippen LogP contribution is 2.39. The highest BCUT2D eigenvalue weighted by molar-refractivity contribution is 7.99. The van der Waals surface area contributed by atoms with Crippen molar-refractivity contribution in [3.63, 3.8) is 0 Å². The number of hydrogen-bond donors (Lipinski definition) is 3. The number of rotatable bonds is 13. The number of nitrogens with one attached hydrogen (secondary N) is 2. The van der Waals surface area contributed by atoms with E-state index in [2.05, 4.69) is 15.0 Å². The maximum absolute atomic E-state index is 13.6. The molecule has 1 aliphatic rings. The normalized spacial score (nSPS) is 18.3. The number of carbonyl (C=O) groups is 1. The molecule has 1 saturated heterocycles. The molecule has 1 fully saturated rings. The lowest BCUT2D eigenvalue weighted by atomic mass is 10.0. The zero-order valence-corrected chi connectivity index (χ0v) is 29.1. The van der Waals surface area contributed by atoms with Crippen molar-refractivity contribution < 1.29 is 27.8 Å². The van der Waals surface area contributed by atoms with Gasteiger partial charge in [0.15, 0.2) is 6.29 Å². The minimum Gasteiger partial charge on any atom is -0.392 e. The molecule has 4 atom stereocenters. The maximum Gasteiger partial charge on any atom is 0.242 e. The molecule has 2 heterocycles. The first kappa shape index (κ1) is 35.5. The van der Waals surface area contributed by atoms with E-state index in [9.17, 15) is 18.3 Å². The lowest BCUT2D eigenvalue weighted by Crippen LogP contribution is -2.45. The van der Waals surface area contributed by atoms with Crippen LogP contribution >= 0.6 is 11.8 Å². The summed E-state index contributed by atoms with van der Waals surface area (Å²) in [5.74, 6) is 0.192. The molecule has 0 radical (unpaired) electrons. The Kier molecular flexibility index (Phi) is 11.7. The van der Waals surface area contributed by atoms with Gasteiger partial charge in [-0.15, -0.1) is 11.8 Å². The third-order valence-corrected chi connectivity index (χ3v) is 10.9. The standard InChI is InChI=1S/C39H39N3O6S2/c1-27-10-20-34(21-11-27)50(45,46)42-35(23-28-7-3-2-4-8-28)38(44)41-32-18-16-31(17-19-32)39-47-33(26-49-37-9-5-6-22-40-37)24-36(48-39)30-14-12-29(25-43)13-15-30/h2-22,33,35-36,39,42-43H,23-26H2,1H3,(H,41,44)/t33-,35-,36+,39+/m1/s1. The summed E-state index contributed by atoms with van der Waals surface area (Å²) in [5, 5.41) is 13.3. The van der Waals surface area contributed by atoms with E-state index >= 15 is 0 Å². The molecular weight excluding hydrogens is 671 g/mol. The smallest absolute Gasteiger partial charge is 0.242 e. The Labute approximate surface area is 297 Å². The van der Waals surface area contributed by atoms with Gasteiger partial charge < -0.3 is 19.9 Å². The van der Waals surface area contributed by atoms with E-state index in [1.165, 1.54) is 12.1 Å². The van der Waals surface area contributed by atoms with Gasteiger partial charge in [-0.25, -0.2) is 13.4 Å². The van der Waals surface area contributed by atoms with Crippen molar-refractivity contribution in [1.29, 1.82) is 0 Å². The molecule has 0 saturated carbocycles. The predicted octanol–water partition coefficient (Wildman–Crippen LogP) is 6.75. The van der Waals surface area contributed by atoms with Crippen LogP contribution in [0.3, 0.4) is 0 Å². The minimum absolute atomic E-state index is 0.0323. The Morgan fingerprint density at radius 3 is 2.24 bits per heavy atom. The first-order valence-corrected chi connectivity index (χ1v) is 18.8. The third kappa shape index (κ3) is 9.45. The van der Waals surface area contributed by atoms with E-state index in [0.29, 0.717) is 17.9 Å². The Morgan fingerprint density at radius 2 is 1.56 bits per heavy atom. The number of aliphatic hydroxyl groups is 1. The van der Waals surface area contributed by atoms with Crippen LogP contribution in [0.15, 0.2) is 137 Å². The van der Waals surface area contributed by atoms with Crippen LogP contribution in [0.2, 0.25) is 0 Å². The first-order valence-electron chi connectivity index (χ1n) is 16.3. The number of pyridine rings is 1. The number of aryl methyl sites for hydroxylation is 1. The fourth-order valence-electron chi connectivity index (χ4n) is 5.60. The van der Waals surface area contributed by atoms with E-state index in [0.717, 1.165) is 32.8 Å². The van der Waals surface area contributed by atoms with Crippen molar-refractivity contribution in [2.45, 2.75) is 60.8 Å². The number of amides is 1. The summed E-state index contributed by atoms with van der Waals surface area (Å²) in [4.78, 5) is 18.1. The largest absolute Gasteiger partial charge is 0.392 e. The third-order valence-electron chi connectivity index (χ3n) is 8.35. The lowest BCUT2D eigenvalue weighted by Gasteiger charge is -2.36. The van der Waals surface area contributed by atoms with Crippen LogP contribution in [0.4, 0.5) is 5.69 Å². The van der Waals surface area contributed by atoms with Crippen LogP contribution in [0.1, 0.15) is 46.6 Å². The molecule has 1 aromatic heterocycles. The number of anilines is 1. The van der Waals surface area contributed by atoms with Crippen LogP contribution in [-0.4, -0.2) is 42.3 Å². The molecule has 1 aliphatic heterocycles. The van der Waals surface area contributed by atoms with Crippen LogP contribution in [0, 0.1) is 6.92 Å². The molecule has 5 aromatic rings. The molecular formula is C39H39N3O6S2. The molecule has 50 heavy (non-hydrogen) atoms. The summed E-state index contributed by atoms with van der Waals surface area (Å²) in [6.07, 6.45) is 1.53. The van der Waals surface area contributed by atoms with Gasteiger partial charge in [0, 0.05) is 29.6 Å². The van der Waals surface area contributed by atoms with Gasteiger partial charge >= 0.3 is 0 Å². The molecule has 0 aliphatic carbocycles. The van der Waals surface area contributed by atoms with Crippen LogP contribution in [-0.2, 0) is 37.3 Å². The molecule has 258 valence electrons. The molecule has 9 nitrogen and oxygen atoms in total. The second-order valence-electron chi connectivity index (χ2n) is 12.1. The Bertz CT molecular complexity index is 1940. The highest BCUT2D eigenvalue weighted by Gasteiger charge is 2.32. The molecule has 3 N–H and O–H groups in total. The number of nitrogens with zero attached hydrogens (tertiary/aromatic N) is 1. The van der Waals surface area contributed by atoms with E-state index in [1.807, 2.05) is 91.9 Å². The Hall–Kier alpha value is -4.36. The molecule has 4 aromatic carbocycles. The molecule has 0 spiro atoms. The summed E-state index contributed by atoms with van der Waals surface area (Å²) < 4.78 is 42.1. The summed E-state index contributed by atoms with van der Waals surface area (Å²) in [5.41, 5.74) is 4.84. The highest BCUT2D eigenvalue weighted by atomic mass is 32.2. The number of aliphatic hydroxyl groups excluding tert-OH is 1. The van der Waals surface area contributed by atoms with Crippen LogP contribution in [0.25, 0.3) is 0 Å². The Morgan fingerprint density at radius 1 is 0.860 bits per heavy atom. The monoisotopic (exact) mass is 709 g/mol. The summed E-state index contributed by atoms with van der Waals surface area (Å²) in [7, 11) is -3.98. The van der Waals surface area contributed by atoms with Gasteiger partial charge in [-0.05, 0) is 66.4 Å². The molecule has 6 rings (SSSR count). The molecule has 0 unspecified atom stereocenters. The summed E-state index contributed by atoms with van der Waals surface area (Å²) in [6.45, 7) is 1.85. The molecule has 0 bridgehead atoms. The first-order chi connectivity index (χ1) is 24.3. The number of ether oxygens (including phenoxy) is 2. The number of carbonyl (C=O) groups excluding carboxylic acids is 1. The Balaban J connectivity index is 1.17. The topological polar surface area (TPSA) is 127 Å². The van der Waals surface area contributed by atoms with Crippen molar-refractivity contribution in [2.75, 3.05) is 11.1 Å². The van der Waals surface area contributed by atoms with Gasteiger partial charge in [0.25, 0.3) is 0 Å². The van der Waals surface area contributed by atoms with Gasteiger partial charge in [0.2, 0.25) is 15.9 Å². The number of thioether (sulfide) groups is 1. The molecule has 11 heteroatoms. The minimum atomic E-state index is -3.98. The van der Waals surface area contributed by atoms with E-state index in [4.69, 9.17) is 9.47 Å². The van der Waals surface area contributed by atoms with Crippen molar-refractivity contribution >= 4 is 33.4 Å². The number of hydrogen-bond acceptors (Lipinski definition) is 8. The van der Waals surface area contributed by atoms with Gasteiger partial charge in [-0.1, -0.05) is 90.5 Å². The number of sulfonamides is 1. The van der Waals surface area contributed by atoms with Crippen molar-refractivity contribution in [3.8, 4) is 0 Å². The van der Waals surface area contributed by atoms with Gasteiger partial charge in [0.1, 0.15) is 6.04 Å². The summed E-state index contributed by atoms with van der Waals surface area (Å²) in [6, 6.07) is 35.4. The zero-order valence-electron chi connectivity index (χ0n) is 27.5. The van der Waals surface area contributed by atoms with Crippen LogP contribution in [0.5, 0.6) is 0 Å². The predicted molar refractivity (Wildman–Crippen MR) is 194 cm³/mol. The van der Waals surface area contributed by atoms with Gasteiger partial charge in [-0.2, -0.15) is 4.72 Å². The average Bonchev–Trinajstić information content (AvgIpc) is 3.15. The van der Waals surface area contributed by atoms with Crippen molar-refractivity contribution in [3.05, 3.63) is 155 Å². The van der Waals surface area contributed by atoms with Crippen molar-refractivity contribution in [1.82, 2.24) is 9.71 Å². The lowest BCUT2D eigenvalue weighted by molar-refractivity contribution is -0.245. The van der Waals surface area contributed by atoms with Gasteiger partial charge in [0.05, 0.1) is 28.7 Å². The number of benzene rings is 4. The zero-order chi connectivity index (χ0) is 34.9. The second kappa shape index (κ2) is 16.6. The van der Waals surface area contributed by atoms with E-state index in [1.54, 1.807) is 42.2 Å². The summed E-state index contributed by atoms with van der Waals surface area (Å²) >= 11 is 1.62. The number of aromatic nitrogens is 1. The van der Waals surface area contributed by atoms with Crippen molar-refractivity contribution in [2.24, 2.45) is 0 Å². The van der Waals surface area contributed by atoms with Gasteiger partial charge in [-0.3, -0.25) is 4.79 Å². The quantitative estimate of drug-likeness (QED) is 0.115. The fourth-order valence-corrected chi connectivity index (χ4v) is 7.67. The average molecular weight is 710 g/mol. The fraction of sp³-hybridized carbons (Fsp3) is 0.231. The SMILES string of the molecule is Cc1ccc(S(=O)(=O)N[C@H](Cc2ccccc2)C(=O)Nc2ccc([C@H]3O[C@@H](CSc4ccccn4)C[C@@H](c4ccc(CO)cc4)O3)cc2)cc1. The maximum atomic E-state index is 13.6. The van der Waals surface area contributed by atoms with Crippen LogP contribution < -0.4 is 10.0 Å².